The number of hydrogen-bond acceptors (Lipinski definition) is 5. The molecule has 4 saturated carbocycles. The van der Waals surface area contributed by atoms with E-state index in [1.165, 1.54) is 68.7 Å². The van der Waals surface area contributed by atoms with Gasteiger partial charge in [0, 0.05) is 48.1 Å². The molecule has 2 bridgehead atoms. The summed E-state index contributed by atoms with van der Waals surface area (Å²) in [5.41, 5.74) is 3.51. The van der Waals surface area contributed by atoms with E-state index >= 15 is 0 Å². The van der Waals surface area contributed by atoms with Crippen LogP contribution in [0.15, 0.2) is 24.4 Å². The smallest absolute Gasteiger partial charge is 0.252 e. The van der Waals surface area contributed by atoms with Gasteiger partial charge in [0.05, 0.1) is 21.8 Å². The highest BCUT2D eigenvalue weighted by atomic mass is 32.1. The number of benzene rings is 1. The van der Waals surface area contributed by atoms with Crippen LogP contribution in [0.1, 0.15) is 77.3 Å². The number of hydrogen-bond donors (Lipinski definition) is 1. The topological polar surface area (TPSA) is 63.1 Å². The number of carbonyl (C=O) groups is 1. The molecular weight excluding hydrogens is 454 g/mol. The minimum atomic E-state index is 0.0395. The number of amides is 1. The molecule has 8 rings (SSSR count). The van der Waals surface area contributed by atoms with E-state index in [2.05, 4.69) is 15.3 Å². The van der Waals surface area contributed by atoms with E-state index in [9.17, 15) is 4.79 Å². The second-order valence-electron chi connectivity index (χ2n) is 11.7. The van der Waals surface area contributed by atoms with Crippen LogP contribution in [0.4, 0.5) is 0 Å². The van der Waals surface area contributed by atoms with Gasteiger partial charge in [-0.1, -0.05) is 6.07 Å². The van der Waals surface area contributed by atoms with Gasteiger partial charge >= 0.3 is 0 Å². The van der Waals surface area contributed by atoms with Crippen molar-refractivity contribution in [1.82, 2.24) is 25.0 Å². The third-order valence-corrected chi connectivity index (χ3v) is 10.6. The van der Waals surface area contributed by atoms with E-state index in [-0.39, 0.29) is 11.9 Å². The van der Waals surface area contributed by atoms with Gasteiger partial charge in [-0.3, -0.25) is 14.4 Å². The molecule has 1 amide bonds. The van der Waals surface area contributed by atoms with Crippen LogP contribution in [0.5, 0.6) is 0 Å². The number of nitrogens with zero attached hydrogens (tertiary/aromatic N) is 4. The minimum Gasteiger partial charge on any atom is -0.349 e. The Balaban J connectivity index is 0.889. The molecule has 4 fully saturated rings. The Morgan fingerprint density at radius 3 is 2.80 bits per heavy atom. The number of thiazole rings is 1. The Bertz CT molecular complexity index is 1250. The zero-order valence-electron chi connectivity index (χ0n) is 20.6. The third-order valence-electron chi connectivity index (χ3n) is 9.24. The van der Waals surface area contributed by atoms with Gasteiger partial charge < -0.3 is 5.32 Å². The van der Waals surface area contributed by atoms with Crippen LogP contribution >= 0.6 is 11.3 Å². The highest BCUT2D eigenvalue weighted by molar-refractivity contribution is 7.12. The Morgan fingerprint density at radius 2 is 2.03 bits per heavy atom. The maximum atomic E-state index is 13.0. The molecule has 2 aromatic heterocycles. The zero-order valence-corrected chi connectivity index (χ0v) is 21.4. The fraction of sp³-hybridized carbons (Fsp3) is 0.607. The average Bonchev–Trinajstić information content (AvgIpc) is 3.38. The van der Waals surface area contributed by atoms with E-state index in [0.717, 1.165) is 47.7 Å². The SMILES string of the molecule is Cn1cc2c(C(=O)NC3CCC(CCN4CCc5sc(C67CC(C6)C7)nc5C4)CC3)cccc2n1. The fourth-order valence-electron chi connectivity index (χ4n) is 6.99. The highest BCUT2D eigenvalue weighted by Gasteiger charge is 2.59. The molecule has 1 aliphatic heterocycles. The number of nitrogens with one attached hydrogen (secondary N) is 1. The van der Waals surface area contributed by atoms with Crippen molar-refractivity contribution in [3.8, 4) is 0 Å². The van der Waals surface area contributed by atoms with E-state index in [0.29, 0.717) is 5.41 Å². The summed E-state index contributed by atoms with van der Waals surface area (Å²) < 4.78 is 1.78. The molecular formula is C28H35N5OS. The second kappa shape index (κ2) is 8.41. The van der Waals surface area contributed by atoms with Gasteiger partial charge in [-0.05, 0) is 88.3 Å². The van der Waals surface area contributed by atoms with Crippen LogP contribution < -0.4 is 5.32 Å². The van der Waals surface area contributed by atoms with Gasteiger partial charge in [0.25, 0.3) is 5.91 Å². The van der Waals surface area contributed by atoms with E-state index in [1.807, 2.05) is 42.8 Å². The van der Waals surface area contributed by atoms with Crippen LogP contribution in [-0.4, -0.2) is 44.7 Å². The maximum Gasteiger partial charge on any atom is 0.252 e. The standard InChI is InChI=1S/C28H35N5OS/c1-32-16-22-21(3-2-4-23(22)31-32)26(34)29-20-7-5-18(6-8-20)9-11-33-12-10-25-24(17-33)30-27(35-25)28-13-19(14-28)15-28/h2-4,16,18-20H,5-15,17H2,1H3,(H,29,34). The summed E-state index contributed by atoms with van der Waals surface area (Å²) in [7, 11) is 1.90. The molecule has 3 heterocycles. The lowest BCUT2D eigenvalue weighted by Gasteiger charge is -2.60. The number of rotatable bonds is 6. The van der Waals surface area contributed by atoms with Crippen LogP contribution in [0, 0.1) is 11.8 Å². The van der Waals surface area contributed by atoms with E-state index < -0.39 is 0 Å². The molecule has 184 valence electrons. The predicted molar refractivity (Wildman–Crippen MR) is 139 cm³/mol. The number of aryl methyl sites for hydroxylation is 1. The lowest BCUT2D eigenvalue weighted by atomic mass is 9.45. The molecule has 6 nitrogen and oxygen atoms in total. The molecule has 0 unspecified atom stereocenters. The van der Waals surface area contributed by atoms with Crippen LogP contribution in [0.25, 0.3) is 10.9 Å². The molecule has 7 heteroatoms. The van der Waals surface area contributed by atoms with Crippen molar-refractivity contribution < 1.29 is 4.79 Å². The molecule has 1 aromatic carbocycles. The predicted octanol–water partition coefficient (Wildman–Crippen LogP) is 4.82. The first-order chi connectivity index (χ1) is 17.0. The summed E-state index contributed by atoms with van der Waals surface area (Å²) in [4.78, 5) is 22.3. The number of fused-ring (bicyclic) bond motifs is 2. The molecule has 4 aliphatic carbocycles. The summed E-state index contributed by atoms with van der Waals surface area (Å²) in [6.45, 7) is 3.43. The average molecular weight is 490 g/mol. The molecule has 0 spiro atoms. The van der Waals surface area contributed by atoms with Gasteiger partial charge in [0.2, 0.25) is 0 Å². The maximum absolute atomic E-state index is 13.0. The van der Waals surface area contributed by atoms with Crippen molar-refractivity contribution in [1.29, 1.82) is 0 Å². The lowest BCUT2D eigenvalue weighted by molar-refractivity contribution is -0.0276. The minimum absolute atomic E-state index is 0.0395. The fourth-order valence-corrected chi connectivity index (χ4v) is 8.27. The monoisotopic (exact) mass is 489 g/mol. The highest BCUT2D eigenvalue weighted by Crippen LogP contribution is 2.65. The van der Waals surface area contributed by atoms with Crippen molar-refractivity contribution in [2.24, 2.45) is 18.9 Å². The first kappa shape index (κ1) is 22.0. The van der Waals surface area contributed by atoms with E-state index in [1.54, 1.807) is 9.56 Å². The normalized spacial score (nSPS) is 29.9. The van der Waals surface area contributed by atoms with Crippen molar-refractivity contribution in [2.75, 3.05) is 13.1 Å². The molecule has 0 saturated heterocycles. The van der Waals surface area contributed by atoms with Gasteiger partial charge in [0.1, 0.15) is 0 Å². The first-order valence-corrected chi connectivity index (χ1v) is 14.3. The number of carbonyl (C=O) groups excluding carboxylic acids is 1. The molecule has 3 aromatic rings. The summed E-state index contributed by atoms with van der Waals surface area (Å²) in [5.74, 6) is 1.84. The van der Waals surface area contributed by atoms with E-state index in [4.69, 9.17) is 4.98 Å². The van der Waals surface area contributed by atoms with Gasteiger partial charge in [0.15, 0.2) is 0 Å². The Hall–Kier alpha value is -2.25. The van der Waals surface area contributed by atoms with Crippen LogP contribution in [0.2, 0.25) is 0 Å². The Kier molecular flexibility index (Phi) is 5.28. The summed E-state index contributed by atoms with van der Waals surface area (Å²) >= 11 is 2.03. The lowest BCUT2D eigenvalue weighted by Crippen LogP contribution is -2.55. The number of aromatic nitrogens is 3. The third kappa shape index (κ3) is 3.91. The quantitative estimate of drug-likeness (QED) is 0.539. The van der Waals surface area contributed by atoms with Crippen LogP contribution in [-0.2, 0) is 25.4 Å². The van der Waals surface area contributed by atoms with Crippen molar-refractivity contribution in [3.05, 3.63) is 45.5 Å². The van der Waals surface area contributed by atoms with Gasteiger partial charge in [-0.25, -0.2) is 4.98 Å². The molecule has 5 aliphatic rings. The van der Waals surface area contributed by atoms with Gasteiger partial charge in [-0.15, -0.1) is 11.3 Å². The van der Waals surface area contributed by atoms with Gasteiger partial charge in [-0.2, -0.15) is 5.10 Å². The zero-order chi connectivity index (χ0) is 23.6. The molecule has 0 radical (unpaired) electrons. The van der Waals surface area contributed by atoms with Crippen molar-refractivity contribution in [3.63, 3.8) is 0 Å². The Labute approximate surface area is 211 Å². The van der Waals surface area contributed by atoms with Crippen molar-refractivity contribution in [2.45, 2.75) is 75.8 Å². The summed E-state index contributed by atoms with van der Waals surface area (Å²) in [5, 5.41) is 10.1. The molecule has 35 heavy (non-hydrogen) atoms. The molecule has 0 atom stereocenters. The first-order valence-electron chi connectivity index (χ1n) is 13.5. The second-order valence-corrected chi connectivity index (χ2v) is 12.8. The summed E-state index contributed by atoms with van der Waals surface area (Å²) in [6.07, 6.45) is 13.2. The van der Waals surface area contributed by atoms with Crippen molar-refractivity contribution >= 4 is 28.1 Å². The molecule has 1 N–H and O–H groups in total. The Morgan fingerprint density at radius 1 is 1.20 bits per heavy atom. The largest absolute Gasteiger partial charge is 0.349 e. The summed E-state index contributed by atoms with van der Waals surface area (Å²) in [6, 6.07) is 6.08. The van der Waals surface area contributed by atoms with Crippen LogP contribution in [0.3, 0.4) is 0 Å².